The summed E-state index contributed by atoms with van der Waals surface area (Å²) in [5.41, 5.74) is 3.03. The monoisotopic (exact) mass is 301 g/mol. The van der Waals surface area contributed by atoms with E-state index in [4.69, 9.17) is 5.11 Å². The maximum atomic E-state index is 12.4. The number of carbonyl (C=O) groups is 1. The minimum atomic E-state index is -0.186. The van der Waals surface area contributed by atoms with Crippen LogP contribution in [0.2, 0.25) is 0 Å². The smallest absolute Gasteiger partial charge is 0.255 e. The Morgan fingerprint density at radius 1 is 1.41 bits per heavy atom. The third-order valence-corrected chi connectivity index (χ3v) is 3.44. The summed E-state index contributed by atoms with van der Waals surface area (Å²) in [5.74, 6) is 0.309. The third kappa shape index (κ3) is 3.74. The third-order valence-electron chi connectivity index (χ3n) is 3.44. The first-order chi connectivity index (χ1) is 10.5. The molecule has 0 aliphatic heterocycles. The number of benzene rings is 1. The van der Waals surface area contributed by atoms with Crippen molar-refractivity contribution in [2.75, 3.05) is 5.32 Å². The lowest BCUT2D eigenvalue weighted by molar-refractivity contribution is 0.102. The highest BCUT2D eigenvalue weighted by molar-refractivity contribution is 6.04. The number of nitrogens with one attached hydrogen (secondary N) is 1. The van der Waals surface area contributed by atoms with Gasteiger partial charge in [-0.1, -0.05) is 32.9 Å². The van der Waals surface area contributed by atoms with Crippen LogP contribution in [0.15, 0.2) is 30.5 Å². The van der Waals surface area contributed by atoms with Gasteiger partial charge < -0.3 is 10.4 Å². The summed E-state index contributed by atoms with van der Waals surface area (Å²) in [5, 5.41) is 16.4. The van der Waals surface area contributed by atoms with E-state index in [-0.39, 0.29) is 12.5 Å². The summed E-state index contributed by atoms with van der Waals surface area (Å²) >= 11 is 0. The molecule has 118 valence electrons. The molecule has 0 spiro atoms. The predicted octanol–water partition coefficient (Wildman–Crippen LogP) is 2.85. The first-order valence-electron chi connectivity index (χ1n) is 7.61. The summed E-state index contributed by atoms with van der Waals surface area (Å²) in [6.07, 6.45) is 2.51. The second kappa shape index (κ2) is 7.22. The van der Waals surface area contributed by atoms with E-state index in [1.807, 2.05) is 4.68 Å². The fourth-order valence-corrected chi connectivity index (χ4v) is 2.40. The van der Waals surface area contributed by atoms with Crippen LogP contribution in [0.5, 0.6) is 0 Å². The minimum Gasteiger partial charge on any atom is -0.392 e. The van der Waals surface area contributed by atoms with Gasteiger partial charge in [-0.3, -0.25) is 9.48 Å². The lowest BCUT2D eigenvalue weighted by atomic mass is 10.1. The van der Waals surface area contributed by atoms with Gasteiger partial charge in [0, 0.05) is 12.1 Å². The van der Waals surface area contributed by atoms with Crippen LogP contribution < -0.4 is 5.32 Å². The lowest BCUT2D eigenvalue weighted by Crippen LogP contribution is -2.14. The van der Waals surface area contributed by atoms with Crippen molar-refractivity contribution in [3.63, 3.8) is 0 Å². The molecule has 1 amide bonds. The van der Waals surface area contributed by atoms with Gasteiger partial charge in [0.25, 0.3) is 5.91 Å². The number of carbonyl (C=O) groups excluding carboxylic acids is 1. The Morgan fingerprint density at radius 2 is 2.18 bits per heavy atom. The van der Waals surface area contributed by atoms with E-state index < -0.39 is 0 Å². The number of amides is 1. The van der Waals surface area contributed by atoms with Crippen LogP contribution >= 0.6 is 0 Å². The summed E-state index contributed by atoms with van der Waals surface area (Å²) in [7, 11) is 0. The number of aliphatic hydroxyl groups excluding tert-OH is 1. The average molecular weight is 301 g/mol. The molecule has 2 rings (SSSR count). The Kier molecular flexibility index (Phi) is 5.33. The average Bonchev–Trinajstić information content (AvgIpc) is 2.88. The summed E-state index contributed by atoms with van der Waals surface area (Å²) in [6, 6.07) is 6.98. The van der Waals surface area contributed by atoms with E-state index in [2.05, 4.69) is 31.2 Å². The highest BCUT2D eigenvalue weighted by Crippen LogP contribution is 2.18. The molecule has 0 saturated carbocycles. The molecule has 0 aliphatic carbocycles. The van der Waals surface area contributed by atoms with Crippen LogP contribution in [0.4, 0.5) is 5.69 Å². The molecule has 0 bridgehead atoms. The van der Waals surface area contributed by atoms with Gasteiger partial charge in [0.1, 0.15) is 0 Å². The molecular weight excluding hydrogens is 278 g/mol. The van der Waals surface area contributed by atoms with Crippen LogP contribution in [0.3, 0.4) is 0 Å². The highest BCUT2D eigenvalue weighted by Gasteiger charge is 2.14. The van der Waals surface area contributed by atoms with E-state index in [0.717, 1.165) is 29.9 Å². The number of hydrogen-bond donors (Lipinski definition) is 2. The van der Waals surface area contributed by atoms with Crippen molar-refractivity contribution in [1.29, 1.82) is 0 Å². The molecule has 1 aromatic carbocycles. The summed E-state index contributed by atoms with van der Waals surface area (Å²) < 4.78 is 1.95. The van der Waals surface area contributed by atoms with Crippen molar-refractivity contribution in [1.82, 2.24) is 9.78 Å². The van der Waals surface area contributed by atoms with Crippen LogP contribution in [-0.4, -0.2) is 20.8 Å². The fourth-order valence-electron chi connectivity index (χ4n) is 2.40. The number of nitrogens with zero attached hydrogens (tertiary/aromatic N) is 2. The maximum Gasteiger partial charge on any atom is 0.255 e. The van der Waals surface area contributed by atoms with Crippen LogP contribution in [-0.2, 0) is 19.6 Å². The minimum absolute atomic E-state index is 0.0757. The zero-order valence-corrected chi connectivity index (χ0v) is 13.3. The molecule has 0 atom stereocenters. The molecule has 2 N–H and O–H groups in total. The number of aliphatic hydroxyl groups is 1. The molecule has 0 radical (unpaired) electrons. The fraction of sp³-hybridized carbons (Fsp3) is 0.412. The topological polar surface area (TPSA) is 67.2 Å². The lowest BCUT2D eigenvalue weighted by Gasteiger charge is -2.11. The van der Waals surface area contributed by atoms with Crippen molar-refractivity contribution < 1.29 is 9.90 Å². The normalized spacial score (nSPS) is 11.0. The van der Waals surface area contributed by atoms with Gasteiger partial charge in [0.15, 0.2) is 0 Å². The summed E-state index contributed by atoms with van der Waals surface area (Å²) in [6.45, 7) is 7.09. The highest BCUT2D eigenvalue weighted by atomic mass is 16.3. The van der Waals surface area contributed by atoms with Crippen LogP contribution in [0.1, 0.15) is 42.4 Å². The number of aromatic nitrogens is 2. The second-order valence-electron chi connectivity index (χ2n) is 5.75. The van der Waals surface area contributed by atoms with Gasteiger partial charge >= 0.3 is 0 Å². The van der Waals surface area contributed by atoms with E-state index in [1.165, 1.54) is 0 Å². The van der Waals surface area contributed by atoms with Crippen LogP contribution in [0, 0.1) is 5.92 Å². The maximum absolute atomic E-state index is 12.4. The first-order valence-corrected chi connectivity index (χ1v) is 7.61. The van der Waals surface area contributed by atoms with E-state index >= 15 is 0 Å². The van der Waals surface area contributed by atoms with Crippen molar-refractivity contribution in [3.8, 4) is 0 Å². The SMILES string of the molecule is CCc1c(NC(=O)c2cccc(CO)c2)cnn1CC(C)C. The van der Waals surface area contributed by atoms with Gasteiger partial charge in [-0.15, -0.1) is 0 Å². The van der Waals surface area contributed by atoms with E-state index in [0.29, 0.717) is 11.5 Å². The molecule has 0 fully saturated rings. The van der Waals surface area contributed by atoms with Crippen molar-refractivity contribution >= 4 is 11.6 Å². The predicted molar refractivity (Wildman–Crippen MR) is 86.8 cm³/mol. The Hall–Kier alpha value is -2.14. The van der Waals surface area contributed by atoms with Crippen molar-refractivity contribution in [2.24, 2.45) is 5.92 Å². The zero-order valence-electron chi connectivity index (χ0n) is 13.3. The largest absolute Gasteiger partial charge is 0.392 e. The van der Waals surface area contributed by atoms with Gasteiger partial charge in [0.05, 0.1) is 24.2 Å². The quantitative estimate of drug-likeness (QED) is 0.862. The molecule has 0 saturated heterocycles. The number of rotatable bonds is 6. The molecule has 1 heterocycles. The Morgan fingerprint density at radius 3 is 2.82 bits per heavy atom. The molecule has 0 unspecified atom stereocenters. The van der Waals surface area contributed by atoms with Gasteiger partial charge in [-0.25, -0.2) is 0 Å². The molecule has 5 nitrogen and oxygen atoms in total. The summed E-state index contributed by atoms with van der Waals surface area (Å²) in [4.78, 5) is 12.4. The van der Waals surface area contributed by atoms with Crippen molar-refractivity contribution in [2.45, 2.75) is 40.3 Å². The zero-order chi connectivity index (χ0) is 16.1. The van der Waals surface area contributed by atoms with Gasteiger partial charge in [-0.05, 0) is 30.0 Å². The molecular formula is C17H23N3O2. The van der Waals surface area contributed by atoms with Crippen LogP contribution in [0.25, 0.3) is 0 Å². The molecule has 1 aromatic heterocycles. The van der Waals surface area contributed by atoms with Crippen molar-refractivity contribution in [3.05, 3.63) is 47.3 Å². The Balaban J connectivity index is 2.19. The second-order valence-corrected chi connectivity index (χ2v) is 5.75. The Labute approximate surface area is 131 Å². The standard InChI is InChI=1S/C17H23N3O2/c1-4-16-15(9-18-20(16)10-12(2)3)19-17(22)14-7-5-6-13(8-14)11-21/h5-9,12,21H,4,10-11H2,1-3H3,(H,19,22). The van der Waals surface area contributed by atoms with E-state index in [9.17, 15) is 4.79 Å². The number of hydrogen-bond acceptors (Lipinski definition) is 3. The van der Waals surface area contributed by atoms with Gasteiger partial charge in [-0.2, -0.15) is 5.10 Å². The molecule has 5 heteroatoms. The first kappa shape index (κ1) is 16.2. The molecule has 0 aliphatic rings. The molecule has 2 aromatic rings. The van der Waals surface area contributed by atoms with Gasteiger partial charge in [0.2, 0.25) is 0 Å². The molecule has 22 heavy (non-hydrogen) atoms. The van der Waals surface area contributed by atoms with E-state index in [1.54, 1.807) is 30.5 Å². The number of anilines is 1. The Bertz CT molecular complexity index is 647.